The molecule has 106 valence electrons. The van der Waals surface area contributed by atoms with Crippen LogP contribution in [0.3, 0.4) is 0 Å². The smallest absolute Gasteiger partial charge is 0.296 e. The van der Waals surface area contributed by atoms with E-state index in [2.05, 4.69) is 10.3 Å². The minimum atomic E-state index is -0.848. The number of nitrogens with zero attached hydrogens (tertiary/aromatic N) is 1. The van der Waals surface area contributed by atoms with Crippen molar-refractivity contribution < 1.29 is 13.6 Å². The molecule has 0 fully saturated rings. The van der Waals surface area contributed by atoms with E-state index in [-0.39, 0.29) is 11.8 Å². The maximum atomic E-state index is 13.0. The molecule has 5 nitrogen and oxygen atoms in total. The Hall–Kier alpha value is -2.89. The number of oxazole rings is 1. The first-order valence-corrected chi connectivity index (χ1v) is 6.30. The van der Waals surface area contributed by atoms with Gasteiger partial charge in [-0.2, -0.15) is 4.98 Å². The number of fused-ring (bicyclic) bond motifs is 1. The minimum Gasteiger partial charge on any atom is -0.424 e. The highest BCUT2D eigenvalue weighted by atomic mass is 19.1. The number of carbonyl (C=O) groups is 1. The number of para-hydroxylation sites is 2. The lowest BCUT2D eigenvalue weighted by Gasteiger charge is -2.14. The Balaban J connectivity index is 1.91. The molecule has 1 unspecified atom stereocenters. The molecular formula is C15H12FN3O2. The SMILES string of the molecule is NC(=O)C(Nc1nc2ccccc2o1)c1ccc(F)cc1. The van der Waals surface area contributed by atoms with Crippen molar-refractivity contribution >= 4 is 23.0 Å². The zero-order chi connectivity index (χ0) is 14.8. The molecule has 0 aliphatic rings. The molecule has 1 aromatic heterocycles. The van der Waals surface area contributed by atoms with E-state index in [1.54, 1.807) is 12.1 Å². The van der Waals surface area contributed by atoms with E-state index in [1.165, 1.54) is 24.3 Å². The van der Waals surface area contributed by atoms with E-state index in [0.717, 1.165) is 0 Å². The normalized spacial score (nSPS) is 12.2. The fraction of sp³-hybridized carbons (Fsp3) is 0.0667. The summed E-state index contributed by atoms with van der Waals surface area (Å²) in [6.07, 6.45) is 0. The number of anilines is 1. The lowest BCUT2D eigenvalue weighted by Crippen LogP contribution is -2.27. The molecule has 1 heterocycles. The summed E-state index contributed by atoms with van der Waals surface area (Å²) in [6.45, 7) is 0. The van der Waals surface area contributed by atoms with Crippen LogP contribution in [0.1, 0.15) is 11.6 Å². The Morgan fingerprint density at radius 3 is 2.57 bits per heavy atom. The van der Waals surface area contributed by atoms with Crippen molar-refractivity contribution in [3.05, 3.63) is 59.9 Å². The summed E-state index contributed by atoms with van der Waals surface area (Å²) < 4.78 is 18.4. The van der Waals surface area contributed by atoms with Crippen LogP contribution in [0.4, 0.5) is 10.4 Å². The molecule has 1 amide bonds. The second-order valence-electron chi connectivity index (χ2n) is 4.52. The highest BCUT2D eigenvalue weighted by Crippen LogP contribution is 2.23. The number of rotatable bonds is 4. The standard InChI is InChI=1S/C15H12FN3O2/c16-10-7-5-9(6-8-10)13(14(17)20)19-15-18-11-3-1-2-4-12(11)21-15/h1-8,13H,(H2,17,20)(H,18,19). The molecule has 0 radical (unpaired) electrons. The van der Waals surface area contributed by atoms with Crippen molar-refractivity contribution in [2.45, 2.75) is 6.04 Å². The molecule has 21 heavy (non-hydrogen) atoms. The molecule has 0 spiro atoms. The second-order valence-corrected chi connectivity index (χ2v) is 4.52. The number of halogens is 1. The molecule has 2 aromatic carbocycles. The van der Waals surface area contributed by atoms with Gasteiger partial charge in [-0.15, -0.1) is 0 Å². The monoisotopic (exact) mass is 285 g/mol. The highest BCUT2D eigenvalue weighted by Gasteiger charge is 2.20. The van der Waals surface area contributed by atoms with E-state index in [9.17, 15) is 9.18 Å². The summed E-state index contributed by atoms with van der Waals surface area (Å²) in [4.78, 5) is 15.8. The van der Waals surface area contributed by atoms with Crippen molar-refractivity contribution in [3.8, 4) is 0 Å². The van der Waals surface area contributed by atoms with Gasteiger partial charge in [0.1, 0.15) is 17.4 Å². The molecular weight excluding hydrogens is 273 g/mol. The van der Waals surface area contributed by atoms with Crippen LogP contribution in [0.5, 0.6) is 0 Å². The third kappa shape index (κ3) is 2.69. The summed E-state index contributed by atoms with van der Waals surface area (Å²) in [5.74, 6) is -0.993. The fourth-order valence-corrected chi connectivity index (χ4v) is 2.03. The molecule has 6 heteroatoms. The minimum absolute atomic E-state index is 0.185. The third-order valence-corrected chi connectivity index (χ3v) is 3.05. The first-order valence-electron chi connectivity index (χ1n) is 6.30. The van der Waals surface area contributed by atoms with Gasteiger partial charge in [0.2, 0.25) is 5.91 Å². The van der Waals surface area contributed by atoms with Gasteiger partial charge in [-0.05, 0) is 29.8 Å². The molecule has 0 aliphatic heterocycles. The number of primary amides is 1. The zero-order valence-corrected chi connectivity index (χ0v) is 10.9. The Bertz CT molecular complexity index is 750. The Labute approximate surface area is 119 Å². The van der Waals surface area contributed by atoms with Gasteiger partial charge in [0, 0.05) is 0 Å². The Morgan fingerprint density at radius 2 is 1.90 bits per heavy atom. The van der Waals surface area contributed by atoms with Gasteiger partial charge in [0.05, 0.1) is 0 Å². The number of aromatic nitrogens is 1. The van der Waals surface area contributed by atoms with E-state index >= 15 is 0 Å². The van der Waals surface area contributed by atoms with Crippen LogP contribution in [-0.4, -0.2) is 10.9 Å². The maximum Gasteiger partial charge on any atom is 0.296 e. The van der Waals surface area contributed by atoms with Crippen LogP contribution in [0.2, 0.25) is 0 Å². The zero-order valence-electron chi connectivity index (χ0n) is 10.9. The van der Waals surface area contributed by atoms with Crippen LogP contribution >= 0.6 is 0 Å². The molecule has 3 aromatic rings. The molecule has 0 aliphatic carbocycles. The first kappa shape index (κ1) is 13.1. The third-order valence-electron chi connectivity index (χ3n) is 3.05. The van der Waals surface area contributed by atoms with Crippen LogP contribution in [0, 0.1) is 5.82 Å². The summed E-state index contributed by atoms with van der Waals surface area (Å²) in [5.41, 5.74) is 7.19. The first-order chi connectivity index (χ1) is 10.1. The van der Waals surface area contributed by atoms with E-state index in [1.807, 2.05) is 12.1 Å². The van der Waals surface area contributed by atoms with Crippen LogP contribution in [0.25, 0.3) is 11.1 Å². The van der Waals surface area contributed by atoms with E-state index in [4.69, 9.17) is 10.2 Å². The Kier molecular flexibility index (Phi) is 3.27. The molecule has 0 saturated heterocycles. The lowest BCUT2D eigenvalue weighted by atomic mass is 10.1. The van der Waals surface area contributed by atoms with Crippen LogP contribution in [-0.2, 0) is 4.79 Å². The van der Waals surface area contributed by atoms with Crippen molar-refractivity contribution in [2.75, 3.05) is 5.32 Å². The molecule has 0 bridgehead atoms. The average molecular weight is 285 g/mol. The van der Waals surface area contributed by atoms with Crippen molar-refractivity contribution in [1.82, 2.24) is 4.98 Å². The van der Waals surface area contributed by atoms with E-state index < -0.39 is 11.9 Å². The lowest BCUT2D eigenvalue weighted by molar-refractivity contribution is -0.118. The van der Waals surface area contributed by atoms with Gasteiger partial charge >= 0.3 is 0 Å². The maximum absolute atomic E-state index is 13.0. The molecule has 1 atom stereocenters. The second kappa shape index (κ2) is 5.24. The van der Waals surface area contributed by atoms with Gasteiger partial charge in [-0.1, -0.05) is 24.3 Å². The predicted molar refractivity (Wildman–Crippen MR) is 76.0 cm³/mol. The number of hydrogen-bond acceptors (Lipinski definition) is 4. The Morgan fingerprint density at radius 1 is 1.19 bits per heavy atom. The van der Waals surface area contributed by atoms with Gasteiger partial charge in [-0.3, -0.25) is 4.79 Å². The van der Waals surface area contributed by atoms with Gasteiger partial charge in [-0.25, -0.2) is 4.39 Å². The number of nitrogens with one attached hydrogen (secondary N) is 1. The summed E-state index contributed by atoms with van der Waals surface area (Å²) in [5, 5.41) is 2.83. The average Bonchev–Trinajstić information content (AvgIpc) is 2.88. The van der Waals surface area contributed by atoms with Crippen molar-refractivity contribution in [3.63, 3.8) is 0 Å². The van der Waals surface area contributed by atoms with Crippen LogP contribution < -0.4 is 11.1 Å². The number of benzene rings is 2. The highest BCUT2D eigenvalue weighted by molar-refractivity contribution is 5.84. The van der Waals surface area contributed by atoms with Gasteiger partial charge in [0.25, 0.3) is 6.01 Å². The predicted octanol–water partition coefficient (Wildman–Crippen LogP) is 2.61. The molecule has 0 saturated carbocycles. The fourth-order valence-electron chi connectivity index (χ4n) is 2.03. The number of amides is 1. The molecule has 3 N–H and O–H groups in total. The number of carbonyl (C=O) groups excluding carboxylic acids is 1. The van der Waals surface area contributed by atoms with E-state index in [0.29, 0.717) is 16.7 Å². The van der Waals surface area contributed by atoms with Gasteiger partial charge in [0.15, 0.2) is 5.58 Å². The van der Waals surface area contributed by atoms with Crippen molar-refractivity contribution in [2.24, 2.45) is 5.73 Å². The van der Waals surface area contributed by atoms with Gasteiger partial charge < -0.3 is 15.5 Å². The van der Waals surface area contributed by atoms with Crippen molar-refractivity contribution in [1.29, 1.82) is 0 Å². The largest absolute Gasteiger partial charge is 0.424 e. The quantitative estimate of drug-likeness (QED) is 0.772. The summed E-state index contributed by atoms with van der Waals surface area (Å²) >= 11 is 0. The summed E-state index contributed by atoms with van der Waals surface area (Å²) in [6, 6.07) is 12.1. The number of hydrogen-bond donors (Lipinski definition) is 2. The number of nitrogens with two attached hydrogens (primary N) is 1. The molecule has 3 rings (SSSR count). The topological polar surface area (TPSA) is 81.2 Å². The van der Waals surface area contributed by atoms with Crippen LogP contribution in [0.15, 0.2) is 52.9 Å². The summed E-state index contributed by atoms with van der Waals surface area (Å²) in [7, 11) is 0.